The van der Waals surface area contributed by atoms with Crippen LogP contribution in [0, 0.1) is 50.2 Å². The highest BCUT2D eigenvalue weighted by molar-refractivity contribution is 5.79. The third-order valence-corrected chi connectivity index (χ3v) is 22.1. The quantitative estimate of drug-likeness (QED) is 0.0652. The molecular formula is C57H92O24. The van der Waals surface area contributed by atoms with Crippen LogP contribution in [0.1, 0.15) is 120 Å². The normalized spacial score (nSPS) is 54.4. The van der Waals surface area contributed by atoms with Crippen LogP contribution in [0.2, 0.25) is 0 Å². The van der Waals surface area contributed by atoms with Crippen molar-refractivity contribution in [2.24, 2.45) is 50.2 Å². The van der Waals surface area contributed by atoms with Crippen LogP contribution in [-0.4, -0.2) is 240 Å². The van der Waals surface area contributed by atoms with Crippen molar-refractivity contribution in [3.8, 4) is 0 Å². The Balaban J connectivity index is 0.847. The van der Waals surface area contributed by atoms with Gasteiger partial charge in [-0.05, 0) is 110 Å². The zero-order chi connectivity index (χ0) is 58.8. The molecule has 10 aliphatic rings. The van der Waals surface area contributed by atoms with Crippen molar-refractivity contribution in [2.45, 2.75) is 261 Å². The molecule has 0 unspecified atom stereocenters. The molecule has 81 heavy (non-hydrogen) atoms. The van der Waals surface area contributed by atoms with Gasteiger partial charge in [0.1, 0.15) is 79.4 Å². The zero-order valence-electron chi connectivity index (χ0n) is 47.8. The molecule has 5 aliphatic heterocycles. The van der Waals surface area contributed by atoms with Crippen molar-refractivity contribution in [3.63, 3.8) is 0 Å². The lowest BCUT2D eigenvalue weighted by Gasteiger charge is -2.71. The summed E-state index contributed by atoms with van der Waals surface area (Å²) in [6.45, 7) is 15.7. The first-order valence-electron chi connectivity index (χ1n) is 29.4. The number of rotatable bonds is 11. The van der Waals surface area contributed by atoms with Gasteiger partial charge in [-0.1, -0.05) is 60.1 Å². The van der Waals surface area contributed by atoms with Crippen LogP contribution in [0.15, 0.2) is 11.6 Å². The van der Waals surface area contributed by atoms with Crippen LogP contribution in [0.4, 0.5) is 0 Å². The first kappa shape index (κ1) is 62.4. The number of aliphatic hydroxyl groups excluding tert-OH is 13. The molecule has 24 nitrogen and oxygen atoms in total. The summed E-state index contributed by atoms with van der Waals surface area (Å²) in [5.74, 6) is -0.720. The molecule has 10 rings (SSSR count). The van der Waals surface area contributed by atoms with Gasteiger partial charge in [0, 0.05) is 6.42 Å². The molecule has 5 aliphatic carbocycles. The standard InChI is InChI=1S/C57H92O24/c1-24-44(78-35-17-27(58)29(60)20-72-35)40(67)43(70)48(76-24)79-45-37(64)31(62)22-74-50(45)81-51(71)57-15-13-52(2,3)18-26(57)25-9-10-34-54(6)19-28(59)46(53(4,5)33(54)11-12-56(34,8)55(25,7)14-16-57)80-49-42(69)39(66)38(65)32(77-49)23-75-47-41(68)36(63)30(61)21-73-47/h9,24,26-50,58-70H,10-23H2,1-8H3/t24-,26-,27+,28-,29+,30-,31+,32+,33-,34+,35-,36-,37-,38+,39-,40-,41+,42+,43+,44-,45+,46-,47-,48-,49-,50-,54-,55+,56+,57-/m0/s1. The van der Waals surface area contributed by atoms with Crippen molar-refractivity contribution in [2.75, 3.05) is 26.4 Å². The molecule has 13 N–H and O–H groups in total. The van der Waals surface area contributed by atoms with Gasteiger partial charge in [-0.15, -0.1) is 0 Å². The first-order valence-corrected chi connectivity index (χ1v) is 29.4. The highest BCUT2D eigenvalue weighted by Crippen LogP contribution is 2.76. The van der Waals surface area contributed by atoms with E-state index in [0.29, 0.717) is 38.5 Å². The number of hydrogen-bond donors (Lipinski definition) is 13. The summed E-state index contributed by atoms with van der Waals surface area (Å²) in [5, 5.41) is 141. The minimum absolute atomic E-state index is 0.00808. The Hall–Kier alpha value is -1.67. The molecule has 9 fully saturated rings. The van der Waals surface area contributed by atoms with Crippen LogP contribution in [0.5, 0.6) is 0 Å². The Labute approximate surface area is 472 Å². The Bertz CT molecular complexity index is 2260. The molecule has 24 heteroatoms. The third kappa shape index (κ3) is 10.7. The molecule has 0 aromatic carbocycles. The van der Waals surface area contributed by atoms with E-state index >= 15 is 4.79 Å². The second-order valence-corrected chi connectivity index (χ2v) is 27.8. The number of esters is 1. The van der Waals surface area contributed by atoms with Crippen molar-refractivity contribution in [1.29, 1.82) is 0 Å². The van der Waals surface area contributed by atoms with Gasteiger partial charge in [-0.2, -0.15) is 0 Å². The van der Waals surface area contributed by atoms with Crippen molar-refractivity contribution >= 4 is 5.97 Å². The average molecular weight is 1160 g/mol. The van der Waals surface area contributed by atoms with Crippen molar-refractivity contribution < 1.29 is 119 Å². The van der Waals surface area contributed by atoms with Gasteiger partial charge in [-0.3, -0.25) is 4.79 Å². The lowest BCUT2D eigenvalue weighted by Crippen LogP contribution is -2.68. The topological polar surface area (TPSA) is 372 Å². The van der Waals surface area contributed by atoms with Gasteiger partial charge in [0.05, 0.1) is 56.3 Å². The predicted molar refractivity (Wildman–Crippen MR) is 276 cm³/mol. The van der Waals surface area contributed by atoms with Crippen LogP contribution >= 0.6 is 0 Å². The number of allylic oxidation sites excluding steroid dienone is 2. The molecule has 464 valence electrons. The molecule has 0 aromatic rings. The van der Waals surface area contributed by atoms with E-state index in [0.717, 1.165) is 19.3 Å². The Morgan fingerprint density at radius 3 is 1.91 bits per heavy atom. The molecule has 0 aromatic heterocycles. The average Bonchev–Trinajstić information content (AvgIpc) is 3.42. The summed E-state index contributed by atoms with van der Waals surface area (Å²) < 4.78 is 59.4. The van der Waals surface area contributed by atoms with E-state index in [1.807, 2.05) is 13.8 Å². The highest BCUT2D eigenvalue weighted by atomic mass is 16.8. The molecule has 0 bridgehead atoms. The van der Waals surface area contributed by atoms with Crippen LogP contribution < -0.4 is 0 Å². The number of ether oxygens (including phenoxy) is 10. The van der Waals surface area contributed by atoms with E-state index in [4.69, 9.17) is 47.4 Å². The number of carbonyl (C=O) groups excluding carboxylic acids is 1. The van der Waals surface area contributed by atoms with E-state index in [9.17, 15) is 66.4 Å². The lowest BCUT2D eigenvalue weighted by atomic mass is 9.33. The Morgan fingerprint density at radius 1 is 0.580 bits per heavy atom. The second-order valence-electron chi connectivity index (χ2n) is 27.8. The monoisotopic (exact) mass is 1160 g/mol. The van der Waals surface area contributed by atoms with E-state index in [1.165, 1.54) is 5.57 Å². The number of fused-ring (bicyclic) bond motifs is 7. The molecule has 4 saturated carbocycles. The fraction of sp³-hybridized carbons (Fsp3) is 0.947. The van der Waals surface area contributed by atoms with Crippen molar-refractivity contribution in [3.05, 3.63) is 11.6 Å². The minimum atomic E-state index is -1.77. The molecule has 5 saturated heterocycles. The van der Waals surface area contributed by atoms with E-state index < -0.39 is 182 Å². The van der Waals surface area contributed by atoms with E-state index in [-0.39, 0.29) is 48.2 Å². The van der Waals surface area contributed by atoms with Crippen molar-refractivity contribution in [1.82, 2.24) is 0 Å². The summed E-state index contributed by atoms with van der Waals surface area (Å²) in [7, 11) is 0. The van der Waals surface area contributed by atoms with Crippen LogP contribution in [0.3, 0.4) is 0 Å². The molecule has 0 amide bonds. The lowest BCUT2D eigenvalue weighted by molar-refractivity contribution is -0.363. The van der Waals surface area contributed by atoms with Crippen LogP contribution in [-0.2, 0) is 52.2 Å². The smallest absolute Gasteiger partial charge is 0.315 e. The largest absolute Gasteiger partial charge is 0.432 e. The highest BCUT2D eigenvalue weighted by Gasteiger charge is 2.71. The zero-order valence-corrected chi connectivity index (χ0v) is 47.8. The summed E-state index contributed by atoms with van der Waals surface area (Å²) in [4.78, 5) is 15.3. The molecule has 30 atom stereocenters. The molecule has 0 radical (unpaired) electrons. The maximum Gasteiger partial charge on any atom is 0.315 e. The van der Waals surface area contributed by atoms with Gasteiger partial charge >= 0.3 is 5.97 Å². The summed E-state index contributed by atoms with van der Waals surface area (Å²) in [6, 6.07) is 0. The second kappa shape index (κ2) is 22.8. The van der Waals surface area contributed by atoms with E-state index in [1.54, 1.807) is 6.92 Å². The number of hydrogen-bond acceptors (Lipinski definition) is 24. The molecular weight excluding hydrogens is 1070 g/mol. The first-order chi connectivity index (χ1) is 37.9. The van der Waals surface area contributed by atoms with Gasteiger partial charge in [0.2, 0.25) is 6.29 Å². The third-order valence-electron chi connectivity index (χ3n) is 22.1. The van der Waals surface area contributed by atoms with Gasteiger partial charge in [-0.25, -0.2) is 0 Å². The minimum Gasteiger partial charge on any atom is -0.432 e. The van der Waals surface area contributed by atoms with Crippen LogP contribution in [0.25, 0.3) is 0 Å². The number of aliphatic hydroxyl groups is 13. The number of carbonyl (C=O) groups is 1. The maximum absolute atomic E-state index is 15.3. The Morgan fingerprint density at radius 2 is 1.21 bits per heavy atom. The SMILES string of the molecule is C[C@@H]1O[C@@H](O[C@H]2[C@H](OC(=O)[C@]34CCC(C)(C)C[C@H]3C3=CC[C@@H]5[C@@]6(C)C[C@H](O)[C@H](O[C@@H]7O[C@H](CO[C@@H]8OC[C@H](O)[C@H](O)[C@H]8O)[C@@H](O)[C@H](O)[C@H]7O)C(C)(C)[C@@H]6CC[C@@]5(C)[C@]3(C)CC4)OC[C@@H](O)[C@@H]2O)[C@H](O)[C@H](O)[C@H]1O[C@H]1C[C@@H](O)[C@H](O)CO1. The summed E-state index contributed by atoms with van der Waals surface area (Å²) in [6.07, 6.45) is -24.4. The summed E-state index contributed by atoms with van der Waals surface area (Å²) in [5.41, 5.74) is -1.83. The maximum atomic E-state index is 15.3. The fourth-order valence-electron chi connectivity index (χ4n) is 17.1. The predicted octanol–water partition coefficient (Wildman–Crippen LogP) is -1.27. The van der Waals surface area contributed by atoms with Gasteiger partial charge in [0.15, 0.2) is 31.3 Å². The van der Waals surface area contributed by atoms with E-state index in [2.05, 4.69) is 40.7 Å². The van der Waals surface area contributed by atoms with Gasteiger partial charge in [0.25, 0.3) is 0 Å². The van der Waals surface area contributed by atoms with Gasteiger partial charge < -0.3 is 114 Å². The molecule has 0 spiro atoms. The molecule has 5 heterocycles. The Kier molecular flexibility index (Phi) is 17.6. The fourth-order valence-corrected chi connectivity index (χ4v) is 17.1. The summed E-state index contributed by atoms with van der Waals surface area (Å²) >= 11 is 0.